The Balaban J connectivity index is 2.08. The van der Waals surface area contributed by atoms with Crippen molar-refractivity contribution < 1.29 is 4.39 Å². The second-order valence-corrected chi connectivity index (χ2v) is 4.85. The fourth-order valence-corrected chi connectivity index (χ4v) is 1.97. The van der Waals surface area contributed by atoms with E-state index in [4.69, 9.17) is 0 Å². The number of halogens is 1. The predicted molar refractivity (Wildman–Crippen MR) is 84.5 cm³/mol. The van der Waals surface area contributed by atoms with E-state index in [1.165, 1.54) is 24.6 Å². The number of aryl methyl sites for hydroxylation is 1. The van der Waals surface area contributed by atoms with E-state index in [-0.39, 0.29) is 5.82 Å². The largest absolute Gasteiger partial charge is 0.354 e. The Morgan fingerprint density at radius 3 is 2.57 bits per heavy atom. The van der Waals surface area contributed by atoms with Gasteiger partial charge in [0.15, 0.2) is 11.6 Å². The summed E-state index contributed by atoms with van der Waals surface area (Å²) in [5.74, 6) is 0.134. The van der Waals surface area contributed by atoms with Gasteiger partial charge < -0.3 is 10.6 Å². The molecule has 0 spiro atoms. The monoisotopic (exact) mass is 288 g/mol. The van der Waals surface area contributed by atoms with Gasteiger partial charge in [-0.15, -0.1) is 0 Å². The maximum atomic E-state index is 13.7. The number of nitrogens with one attached hydrogen (secondary N) is 2. The summed E-state index contributed by atoms with van der Waals surface area (Å²) < 4.78 is 13.7. The first-order valence-electron chi connectivity index (χ1n) is 7.35. The zero-order valence-corrected chi connectivity index (χ0v) is 12.5. The second-order valence-electron chi connectivity index (χ2n) is 4.85. The number of unbranched alkanes of at least 4 members (excludes halogenated alkanes) is 1. The van der Waals surface area contributed by atoms with Crippen LogP contribution >= 0.6 is 0 Å². The van der Waals surface area contributed by atoms with E-state index in [2.05, 4.69) is 39.7 Å². The average molecular weight is 288 g/mol. The smallest absolute Gasteiger partial charge is 0.224 e. The van der Waals surface area contributed by atoms with Gasteiger partial charge in [-0.05, 0) is 37.5 Å². The Hall–Kier alpha value is -2.17. The molecule has 0 saturated heterocycles. The highest BCUT2D eigenvalue weighted by atomic mass is 19.1. The molecule has 0 aliphatic carbocycles. The van der Waals surface area contributed by atoms with Gasteiger partial charge in [0.1, 0.15) is 0 Å². The number of rotatable bonds is 7. The summed E-state index contributed by atoms with van der Waals surface area (Å²) in [6.07, 6.45) is 4.60. The molecule has 0 amide bonds. The molecule has 1 aromatic heterocycles. The summed E-state index contributed by atoms with van der Waals surface area (Å²) in [5, 5.41) is 5.95. The Kier molecular flexibility index (Phi) is 5.49. The lowest BCUT2D eigenvalue weighted by Crippen LogP contribution is -2.05. The van der Waals surface area contributed by atoms with Gasteiger partial charge in [0.25, 0.3) is 0 Å². The quantitative estimate of drug-likeness (QED) is 0.804. The van der Waals surface area contributed by atoms with E-state index in [1.54, 1.807) is 0 Å². The van der Waals surface area contributed by atoms with Gasteiger partial charge in [-0.25, -0.2) is 9.37 Å². The fourth-order valence-electron chi connectivity index (χ4n) is 1.97. The van der Waals surface area contributed by atoms with Gasteiger partial charge in [-0.3, -0.25) is 0 Å². The average Bonchev–Trinajstić information content (AvgIpc) is 2.50. The maximum Gasteiger partial charge on any atom is 0.224 e. The van der Waals surface area contributed by atoms with Gasteiger partial charge in [0.2, 0.25) is 5.95 Å². The molecule has 0 bridgehead atoms. The normalized spacial score (nSPS) is 10.4. The van der Waals surface area contributed by atoms with Crippen molar-refractivity contribution in [3.63, 3.8) is 0 Å². The van der Waals surface area contributed by atoms with E-state index >= 15 is 0 Å². The summed E-state index contributed by atoms with van der Waals surface area (Å²) in [6, 6.07) is 8.00. The van der Waals surface area contributed by atoms with Gasteiger partial charge in [0.05, 0.1) is 6.20 Å². The minimum absolute atomic E-state index is 0.183. The first kappa shape index (κ1) is 15.2. The molecular formula is C16H21FN4. The Morgan fingerprint density at radius 1 is 1.14 bits per heavy atom. The SMILES string of the molecule is CCCCc1ccc(Nc2nc(NCC)ncc2F)cc1. The molecule has 21 heavy (non-hydrogen) atoms. The molecular weight excluding hydrogens is 267 g/mol. The van der Waals surface area contributed by atoms with Gasteiger partial charge in [0, 0.05) is 12.2 Å². The molecule has 0 radical (unpaired) electrons. The third-order valence-corrected chi connectivity index (χ3v) is 3.11. The summed E-state index contributed by atoms with van der Waals surface area (Å²) in [4.78, 5) is 8.00. The highest BCUT2D eigenvalue weighted by molar-refractivity contribution is 5.57. The maximum absolute atomic E-state index is 13.7. The van der Waals surface area contributed by atoms with E-state index in [9.17, 15) is 4.39 Å². The molecule has 2 N–H and O–H groups in total. The van der Waals surface area contributed by atoms with Crippen LogP contribution in [0.2, 0.25) is 0 Å². The molecule has 112 valence electrons. The third kappa shape index (κ3) is 4.41. The molecule has 1 heterocycles. The summed E-state index contributed by atoms with van der Waals surface area (Å²) in [5.41, 5.74) is 2.11. The van der Waals surface area contributed by atoms with Gasteiger partial charge >= 0.3 is 0 Å². The zero-order valence-electron chi connectivity index (χ0n) is 12.5. The first-order valence-corrected chi connectivity index (χ1v) is 7.35. The van der Waals surface area contributed by atoms with Crippen LogP contribution in [0.4, 0.5) is 21.8 Å². The van der Waals surface area contributed by atoms with Gasteiger partial charge in [-0.2, -0.15) is 4.98 Å². The highest BCUT2D eigenvalue weighted by Gasteiger charge is 2.07. The molecule has 0 unspecified atom stereocenters. The lowest BCUT2D eigenvalue weighted by molar-refractivity contribution is 0.619. The van der Waals surface area contributed by atoms with Crippen LogP contribution in [-0.4, -0.2) is 16.5 Å². The Morgan fingerprint density at radius 2 is 1.90 bits per heavy atom. The minimum Gasteiger partial charge on any atom is -0.354 e. The number of hydrogen-bond acceptors (Lipinski definition) is 4. The summed E-state index contributed by atoms with van der Waals surface area (Å²) in [7, 11) is 0. The molecule has 2 aromatic rings. The Labute approximate surface area is 124 Å². The van der Waals surface area contributed by atoms with Crippen LogP contribution in [0.3, 0.4) is 0 Å². The molecule has 2 rings (SSSR count). The van der Waals surface area contributed by atoms with E-state index in [0.717, 1.165) is 12.1 Å². The van der Waals surface area contributed by atoms with Crippen molar-refractivity contribution in [1.82, 2.24) is 9.97 Å². The van der Waals surface area contributed by atoms with Crippen molar-refractivity contribution >= 4 is 17.5 Å². The molecule has 5 heteroatoms. The molecule has 0 fully saturated rings. The van der Waals surface area contributed by atoms with Crippen molar-refractivity contribution in [3.8, 4) is 0 Å². The highest BCUT2D eigenvalue weighted by Crippen LogP contribution is 2.19. The number of benzene rings is 1. The van der Waals surface area contributed by atoms with Crippen LogP contribution in [0.5, 0.6) is 0 Å². The van der Waals surface area contributed by atoms with E-state index in [1.807, 2.05) is 19.1 Å². The van der Waals surface area contributed by atoms with Crippen molar-refractivity contribution in [3.05, 3.63) is 41.8 Å². The van der Waals surface area contributed by atoms with Crippen LogP contribution in [0, 0.1) is 5.82 Å². The lowest BCUT2D eigenvalue weighted by atomic mass is 10.1. The van der Waals surface area contributed by atoms with E-state index < -0.39 is 5.82 Å². The lowest BCUT2D eigenvalue weighted by Gasteiger charge is -2.09. The van der Waals surface area contributed by atoms with Crippen LogP contribution in [0.25, 0.3) is 0 Å². The van der Waals surface area contributed by atoms with Crippen molar-refractivity contribution in [2.24, 2.45) is 0 Å². The van der Waals surface area contributed by atoms with Crippen LogP contribution in [-0.2, 0) is 6.42 Å². The topological polar surface area (TPSA) is 49.8 Å². The van der Waals surface area contributed by atoms with Crippen LogP contribution in [0.15, 0.2) is 30.5 Å². The van der Waals surface area contributed by atoms with Crippen LogP contribution < -0.4 is 10.6 Å². The predicted octanol–water partition coefficient (Wildman–Crippen LogP) is 4.13. The Bertz CT molecular complexity index is 569. The molecule has 0 atom stereocenters. The summed E-state index contributed by atoms with van der Waals surface area (Å²) in [6.45, 7) is 4.81. The zero-order chi connectivity index (χ0) is 15.1. The second kappa shape index (κ2) is 7.57. The van der Waals surface area contributed by atoms with Crippen molar-refractivity contribution in [2.45, 2.75) is 33.1 Å². The van der Waals surface area contributed by atoms with Crippen molar-refractivity contribution in [1.29, 1.82) is 0 Å². The molecule has 0 saturated carbocycles. The number of anilines is 3. The summed E-state index contributed by atoms with van der Waals surface area (Å²) >= 11 is 0. The molecule has 0 aliphatic heterocycles. The fraction of sp³-hybridized carbons (Fsp3) is 0.375. The number of hydrogen-bond donors (Lipinski definition) is 2. The first-order chi connectivity index (χ1) is 10.2. The molecule has 0 aliphatic rings. The number of aromatic nitrogens is 2. The third-order valence-electron chi connectivity index (χ3n) is 3.11. The standard InChI is InChI=1S/C16H21FN4/c1-3-5-6-12-7-9-13(10-8-12)20-15-14(17)11-19-16(21-15)18-4-2/h7-11H,3-6H2,1-2H3,(H2,18,19,20,21). The van der Waals surface area contributed by atoms with Crippen molar-refractivity contribution in [2.75, 3.05) is 17.2 Å². The minimum atomic E-state index is -0.466. The van der Waals surface area contributed by atoms with Gasteiger partial charge in [-0.1, -0.05) is 25.5 Å². The van der Waals surface area contributed by atoms with E-state index in [0.29, 0.717) is 12.5 Å². The number of nitrogens with zero attached hydrogens (tertiary/aromatic N) is 2. The molecule has 1 aromatic carbocycles. The van der Waals surface area contributed by atoms with Crippen LogP contribution in [0.1, 0.15) is 32.3 Å². The molecule has 4 nitrogen and oxygen atoms in total.